The quantitative estimate of drug-likeness (QED) is 0.830. The van der Waals surface area contributed by atoms with Crippen molar-refractivity contribution < 1.29 is 9.53 Å². The van der Waals surface area contributed by atoms with Gasteiger partial charge >= 0.3 is 5.97 Å². The lowest BCUT2D eigenvalue weighted by Gasteiger charge is -2.13. The molecule has 1 unspecified atom stereocenters. The van der Waals surface area contributed by atoms with Gasteiger partial charge in [-0.05, 0) is 38.1 Å². The van der Waals surface area contributed by atoms with Gasteiger partial charge in [-0.2, -0.15) is 5.10 Å². The highest BCUT2D eigenvalue weighted by molar-refractivity contribution is 5.88. The third-order valence-electron chi connectivity index (χ3n) is 3.24. The zero-order valence-electron chi connectivity index (χ0n) is 12.7. The van der Waals surface area contributed by atoms with Gasteiger partial charge in [0.25, 0.3) is 0 Å². The lowest BCUT2D eigenvalue weighted by atomic mass is 10.1. The topological polar surface area (TPSA) is 56.2 Å². The van der Waals surface area contributed by atoms with Crippen LogP contribution in [0.15, 0.2) is 36.7 Å². The van der Waals surface area contributed by atoms with Gasteiger partial charge in [0.2, 0.25) is 0 Å². The maximum atomic E-state index is 11.7. The molecule has 0 saturated heterocycles. The third kappa shape index (κ3) is 3.70. The van der Waals surface area contributed by atoms with Gasteiger partial charge in [-0.1, -0.05) is 19.1 Å². The number of hydrogen-bond donors (Lipinski definition) is 1. The number of aromatic nitrogens is 2. The fourth-order valence-electron chi connectivity index (χ4n) is 2.14. The van der Waals surface area contributed by atoms with E-state index in [9.17, 15) is 4.79 Å². The first kappa shape index (κ1) is 15.3. The minimum Gasteiger partial charge on any atom is -0.462 e. The second-order valence-electron chi connectivity index (χ2n) is 4.77. The van der Waals surface area contributed by atoms with Crippen molar-refractivity contribution in [2.24, 2.45) is 0 Å². The van der Waals surface area contributed by atoms with Crippen LogP contribution in [0.25, 0.3) is 5.69 Å². The molecular formula is C16H21N3O2. The van der Waals surface area contributed by atoms with Gasteiger partial charge in [0, 0.05) is 12.2 Å². The van der Waals surface area contributed by atoms with E-state index in [2.05, 4.69) is 36.4 Å². The molecule has 21 heavy (non-hydrogen) atoms. The lowest BCUT2D eigenvalue weighted by Crippen LogP contribution is -2.17. The molecule has 5 nitrogen and oxygen atoms in total. The Morgan fingerprint density at radius 1 is 1.43 bits per heavy atom. The first-order valence-corrected chi connectivity index (χ1v) is 7.21. The average molecular weight is 287 g/mol. The van der Waals surface area contributed by atoms with E-state index in [1.54, 1.807) is 17.8 Å². The van der Waals surface area contributed by atoms with Crippen molar-refractivity contribution in [1.82, 2.24) is 15.1 Å². The maximum absolute atomic E-state index is 11.7. The van der Waals surface area contributed by atoms with Crippen LogP contribution in [0.2, 0.25) is 0 Å². The Bertz CT molecular complexity index is 607. The van der Waals surface area contributed by atoms with Crippen molar-refractivity contribution in [1.29, 1.82) is 0 Å². The molecule has 1 heterocycles. The van der Waals surface area contributed by atoms with E-state index in [1.807, 2.05) is 12.1 Å². The molecule has 0 radical (unpaired) electrons. The van der Waals surface area contributed by atoms with Crippen LogP contribution in [0, 0.1) is 0 Å². The smallest absolute Gasteiger partial charge is 0.341 e. The third-order valence-corrected chi connectivity index (χ3v) is 3.24. The van der Waals surface area contributed by atoms with Gasteiger partial charge in [-0.25, -0.2) is 9.48 Å². The molecule has 0 aliphatic heterocycles. The van der Waals surface area contributed by atoms with Crippen LogP contribution in [0.3, 0.4) is 0 Å². The van der Waals surface area contributed by atoms with Crippen LogP contribution < -0.4 is 5.32 Å². The summed E-state index contributed by atoms with van der Waals surface area (Å²) in [5.41, 5.74) is 2.57. The summed E-state index contributed by atoms with van der Waals surface area (Å²) < 4.78 is 6.66. The van der Waals surface area contributed by atoms with Gasteiger partial charge in [-0.15, -0.1) is 0 Å². The summed E-state index contributed by atoms with van der Waals surface area (Å²) in [5, 5.41) is 7.61. The maximum Gasteiger partial charge on any atom is 0.341 e. The minimum atomic E-state index is -0.346. The predicted octanol–water partition coefficient (Wildman–Crippen LogP) is 2.72. The minimum absolute atomic E-state index is 0.273. The van der Waals surface area contributed by atoms with E-state index in [4.69, 9.17) is 4.74 Å². The monoisotopic (exact) mass is 287 g/mol. The first-order valence-electron chi connectivity index (χ1n) is 7.21. The number of esters is 1. The normalized spacial score (nSPS) is 12.1. The molecule has 0 amide bonds. The molecule has 0 aliphatic carbocycles. The number of nitrogens with zero attached hydrogens (tertiary/aromatic N) is 2. The van der Waals surface area contributed by atoms with Crippen molar-refractivity contribution >= 4 is 5.97 Å². The molecule has 112 valence electrons. The number of carbonyl (C=O) groups excluding carboxylic acids is 1. The second-order valence-corrected chi connectivity index (χ2v) is 4.77. The summed E-state index contributed by atoms with van der Waals surface area (Å²) in [6, 6.07) is 8.37. The van der Waals surface area contributed by atoms with Gasteiger partial charge in [-0.3, -0.25) is 0 Å². The highest BCUT2D eigenvalue weighted by atomic mass is 16.5. The molecule has 1 N–H and O–H groups in total. The number of rotatable bonds is 6. The second kappa shape index (κ2) is 7.04. The van der Waals surface area contributed by atoms with Crippen LogP contribution >= 0.6 is 0 Å². The zero-order chi connectivity index (χ0) is 15.2. The first-order chi connectivity index (χ1) is 10.2. The highest BCUT2D eigenvalue weighted by Gasteiger charge is 2.11. The molecule has 2 rings (SSSR count). The highest BCUT2D eigenvalue weighted by Crippen LogP contribution is 2.17. The van der Waals surface area contributed by atoms with E-state index in [0.29, 0.717) is 12.2 Å². The van der Waals surface area contributed by atoms with E-state index in [-0.39, 0.29) is 12.0 Å². The molecule has 0 spiro atoms. The summed E-state index contributed by atoms with van der Waals surface area (Å²) in [4.78, 5) is 11.7. The van der Waals surface area contributed by atoms with Gasteiger partial charge in [0.15, 0.2) is 0 Å². The molecule has 1 aromatic heterocycles. The molecule has 0 bridgehead atoms. The fourth-order valence-corrected chi connectivity index (χ4v) is 2.14. The largest absolute Gasteiger partial charge is 0.462 e. The zero-order valence-corrected chi connectivity index (χ0v) is 12.7. The van der Waals surface area contributed by atoms with Crippen LogP contribution in [0.4, 0.5) is 0 Å². The van der Waals surface area contributed by atoms with Crippen LogP contribution in [-0.4, -0.2) is 28.9 Å². The Labute approximate surface area is 124 Å². The van der Waals surface area contributed by atoms with E-state index in [0.717, 1.165) is 12.2 Å². The van der Waals surface area contributed by atoms with E-state index in [1.165, 1.54) is 11.8 Å². The lowest BCUT2D eigenvalue weighted by molar-refractivity contribution is 0.0526. The summed E-state index contributed by atoms with van der Waals surface area (Å²) in [6.45, 7) is 7.27. The standard InChI is InChI=1S/C16H21N3O2/c1-4-17-12(3)13-7-6-8-15(9-13)19-11-14(10-18-19)16(20)21-5-2/h6-12,17H,4-5H2,1-3H3. The van der Waals surface area contributed by atoms with Gasteiger partial charge < -0.3 is 10.1 Å². The molecule has 0 aliphatic rings. The molecule has 1 aromatic carbocycles. The van der Waals surface area contributed by atoms with E-state index < -0.39 is 0 Å². The number of hydrogen-bond acceptors (Lipinski definition) is 4. The Morgan fingerprint density at radius 2 is 2.24 bits per heavy atom. The van der Waals surface area contributed by atoms with Crippen LogP contribution in [-0.2, 0) is 4.74 Å². The fraction of sp³-hybridized carbons (Fsp3) is 0.375. The van der Waals surface area contributed by atoms with Crippen molar-refractivity contribution in [3.05, 3.63) is 47.8 Å². The molecule has 0 fully saturated rings. The Morgan fingerprint density at radius 3 is 2.95 bits per heavy atom. The van der Waals surface area contributed by atoms with Crippen molar-refractivity contribution in [2.45, 2.75) is 26.8 Å². The summed E-state index contributed by atoms with van der Waals surface area (Å²) in [7, 11) is 0. The van der Waals surface area contributed by atoms with Gasteiger partial charge in [0.05, 0.1) is 24.1 Å². The number of ether oxygens (including phenoxy) is 1. The summed E-state index contributed by atoms with van der Waals surface area (Å²) in [6.07, 6.45) is 3.22. The molecular weight excluding hydrogens is 266 g/mol. The SMILES string of the molecule is CCNC(C)c1cccc(-n2cc(C(=O)OCC)cn2)c1. The Kier molecular flexibility index (Phi) is 5.11. The number of benzene rings is 1. The Hall–Kier alpha value is -2.14. The molecule has 5 heteroatoms. The average Bonchev–Trinajstić information content (AvgIpc) is 2.98. The van der Waals surface area contributed by atoms with Crippen molar-refractivity contribution in [2.75, 3.05) is 13.2 Å². The summed E-state index contributed by atoms with van der Waals surface area (Å²) in [5.74, 6) is -0.346. The molecule has 2 aromatic rings. The van der Waals surface area contributed by atoms with Crippen LogP contribution in [0.5, 0.6) is 0 Å². The number of nitrogens with one attached hydrogen (secondary N) is 1. The van der Waals surface area contributed by atoms with Crippen molar-refractivity contribution in [3.8, 4) is 5.69 Å². The number of carbonyl (C=O) groups is 1. The Balaban J connectivity index is 2.22. The molecule has 1 atom stereocenters. The van der Waals surface area contributed by atoms with E-state index >= 15 is 0 Å². The van der Waals surface area contributed by atoms with Gasteiger partial charge in [0.1, 0.15) is 0 Å². The van der Waals surface area contributed by atoms with Crippen LogP contribution in [0.1, 0.15) is 42.7 Å². The summed E-state index contributed by atoms with van der Waals surface area (Å²) >= 11 is 0. The predicted molar refractivity (Wildman–Crippen MR) is 81.6 cm³/mol. The molecule has 0 saturated carbocycles. The van der Waals surface area contributed by atoms with Crippen molar-refractivity contribution in [3.63, 3.8) is 0 Å².